The average Bonchev–Trinajstić information content (AvgIpc) is 3.12. The van der Waals surface area contributed by atoms with Crippen molar-refractivity contribution in [3.8, 4) is 10.6 Å². The molecule has 0 bridgehead atoms. The van der Waals surface area contributed by atoms with Crippen LogP contribution in [0.15, 0.2) is 24.4 Å². The summed E-state index contributed by atoms with van der Waals surface area (Å²) in [5, 5.41) is 10.4. The van der Waals surface area contributed by atoms with Gasteiger partial charge in [-0.3, -0.25) is 9.89 Å². The second-order valence-electron chi connectivity index (χ2n) is 6.24. The molecule has 130 valence electrons. The van der Waals surface area contributed by atoms with Gasteiger partial charge in [0, 0.05) is 31.4 Å². The number of nitrogens with zero attached hydrogens (tertiary/aromatic N) is 3. The molecule has 1 amide bonds. The van der Waals surface area contributed by atoms with Crippen LogP contribution in [0.25, 0.3) is 20.8 Å². The minimum absolute atomic E-state index is 0.468. The summed E-state index contributed by atoms with van der Waals surface area (Å²) < 4.78 is 1.08. The number of thiophene rings is 1. The van der Waals surface area contributed by atoms with Gasteiger partial charge >= 0.3 is 0 Å². The van der Waals surface area contributed by atoms with Crippen molar-refractivity contribution in [1.82, 2.24) is 20.1 Å². The zero-order valence-corrected chi connectivity index (χ0v) is 14.6. The second-order valence-corrected chi connectivity index (χ2v) is 7.30. The molecule has 0 aromatic carbocycles. The highest BCUT2D eigenvalue weighted by atomic mass is 32.1. The molecule has 25 heavy (non-hydrogen) atoms. The van der Waals surface area contributed by atoms with Crippen LogP contribution in [0, 0.1) is 0 Å². The summed E-state index contributed by atoms with van der Waals surface area (Å²) in [5.74, 6) is 0.497. The summed E-state index contributed by atoms with van der Waals surface area (Å²) in [7, 11) is 0. The summed E-state index contributed by atoms with van der Waals surface area (Å²) in [6, 6.07) is 6.30. The molecule has 4 rings (SSSR count). The van der Waals surface area contributed by atoms with Gasteiger partial charge in [-0.2, -0.15) is 5.10 Å². The van der Waals surface area contributed by atoms with Crippen LogP contribution in [-0.2, 0) is 4.79 Å². The van der Waals surface area contributed by atoms with Crippen LogP contribution in [0.5, 0.6) is 0 Å². The van der Waals surface area contributed by atoms with Crippen LogP contribution in [0.1, 0.15) is 19.3 Å². The Morgan fingerprint density at radius 3 is 3.04 bits per heavy atom. The Labute approximate surface area is 149 Å². The number of pyridine rings is 1. The SMILES string of the molecule is Nc1cc(NCCCN(C=O)C2CC2)c2sc(-c3ccn[nH]3)cc2n1. The van der Waals surface area contributed by atoms with E-state index in [0.717, 1.165) is 65.2 Å². The summed E-state index contributed by atoms with van der Waals surface area (Å²) in [6.07, 6.45) is 5.88. The van der Waals surface area contributed by atoms with Crippen molar-refractivity contribution in [3.63, 3.8) is 0 Å². The first-order valence-electron chi connectivity index (χ1n) is 8.39. The molecular weight excluding hydrogens is 336 g/mol. The summed E-state index contributed by atoms with van der Waals surface area (Å²) >= 11 is 1.66. The fraction of sp³-hybridized carbons (Fsp3) is 0.353. The molecule has 1 saturated carbocycles. The number of hydrogen-bond donors (Lipinski definition) is 3. The predicted octanol–water partition coefficient (Wildman–Crippen LogP) is 2.69. The molecule has 8 heteroatoms. The lowest BCUT2D eigenvalue weighted by Gasteiger charge is -2.16. The molecule has 7 nitrogen and oxygen atoms in total. The van der Waals surface area contributed by atoms with Crippen LogP contribution in [0.2, 0.25) is 0 Å². The summed E-state index contributed by atoms with van der Waals surface area (Å²) in [4.78, 5) is 18.5. The van der Waals surface area contributed by atoms with E-state index in [2.05, 4.69) is 20.5 Å². The third-order valence-corrected chi connectivity index (χ3v) is 5.52. The van der Waals surface area contributed by atoms with Crippen molar-refractivity contribution in [1.29, 1.82) is 0 Å². The standard InChI is InChI=1S/C17H20N6OS/c18-16-9-13(19-5-1-7-23(10-24)11-2-3-11)17-14(21-16)8-15(25-17)12-4-6-20-22-12/h4,6,8-11H,1-3,5,7H2,(H,20,22)(H3,18,19,21). The highest BCUT2D eigenvalue weighted by Gasteiger charge is 2.27. The molecule has 1 fully saturated rings. The van der Waals surface area contributed by atoms with Gasteiger partial charge in [0.15, 0.2) is 0 Å². The number of carbonyl (C=O) groups is 1. The number of nitrogen functional groups attached to an aromatic ring is 1. The van der Waals surface area contributed by atoms with Gasteiger partial charge in [0.2, 0.25) is 6.41 Å². The molecule has 0 saturated heterocycles. The van der Waals surface area contributed by atoms with Crippen molar-refractivity contribution < 1.29 is 4.79 Å². The largest absolute Gasteiger partial charge is 0.384 e. The summed E-state index contributed by atoms with van der Waals surface area (Å²) in [6.45, 7) is 1.57. The van der Waals surface area contributed by atoms with E-state index in [4.69, 9.17) is 5.73 Å². The number of nitrogens with two attached hydrogens (primary N) is 1. The molecule has 0 aliphatic heterocycles. The number of anilines is 2. The van der Waals surface area contributed by atoms with Crippen LogP contribution in [-0.4, -0.2) is 45.6 Å². The quantitative estimate of drug-likeness (QED) is 0.426. The Bertz CT molecular complexity index is 871. The van der Waals surface area contributed by atoms with Crippen LogP contribution in [0.3, 0.4) is 0 Å². The topological polar surface area (TPSA) is 99.9 Å². The number of hydrogen-bond acceptors (Lipinski definition) is 6. The highest BCUT2D eigenvalue weighted by molar-refractivity contribution is 7.22. The lowest BCUT2D eigenvalue weighted by Crippen LogP contribution is -2.26. The maximum Gasteiger partial charge on any atom is 0.209 e. The monoisotopic (exact) mass is 356 g/mol. The van der Waals surface area contributed by atoms with E-state index in [0.29, 0.717) is 11.9 Å². The van der Waals surface area contributed by atoms with Crippen molar-refractivity contribution in [2.24, 2.45) is 0 Å². The van der Waals surface area contributed by atoms with Crippen molar-refractivity contribution in [3.05, 3.63) is 24.4 Å². The second kappa shape index (κ2) is 6.72. The minimum atomic E-state index is 0.468. The first-order chi connectivity index (χ1) is 12.2. The third-order valence-electron chi connectivity index (χ3n) is 4.32. The molecule has 3 aromatic rings. The van der Waals surface area contributed by atoms with Gasteiger partial charge in [0.05, 0.1) is 26.5 Å². The zero-order chi connectivity index (χ0) is 17.2. The van der Waals surface area contributed by atoms with Crippen LogP contribution in [0.4, 0.5) is 11.5 Å². The molecule has 0 unspecified atom stereocenters. The maximum absolute atomic E-state index is 11.1. The van der Waals surface area contributed by atoms with Crippen molar-refractivity contribution in [2.45, 2.75) is 25.3 Å². The van der Waals surface area contributed by atoms with Crippen LogP contribution < -0.4 is 11.1 Å². The Morgan fingerprint density at radius 1 is 1.44 bits per heavy atom. The van der Waals surface area contributed by atoms with Gasteiger partial charge in [-0.1, -0.05) is 0 Å². The van der Waals surface area contributed by atoms with E-state index in [9.17, 15) is 4.79 Å². The van der Waals surface area contributed by atoms with E-state index >= 15 is 0 Å². The molecule has 1 aliphatic carbocycles. The van der Waals surface area contributed by atoms with Crippen LogP contribution >= 0.6 is 11.3 Å². The molecular formula is C17H20N6OS. The Hall–Kier alpha value is -2.61. The number of aromatic amines is 1. The Kier molecular flexibility index (Phi) is 4.27. The lowest BCUT2D eigenvalue weighted by molar-refractivity contribution is -0.118. The molecule has 0 spiro atoms. The van der Waals surface area contributed by atoms with Gasteiger partial charge in [-0.05, 0) is 31.4 Å². The molecule has 3 aromatic heterocycles. The molecule has 0 radical (unpaired) electrons. The average molecular weight is 356 g/mol. The highest BCUT2D eigenvalue weighted by Crippen LogP contribution is 2.36. The number of H-pyrrole nitrogens is 1. The molecule has 0 atom stereocenters. The van der Waals surface area contributed by atoms with Gasteiger partial charge < -0.3 is 16.0 Å². The van der Waals surface area contributed by atoms with E-state index in [1.54, 1.807) is 17.5 Å². The van der Waals surface area contributed by atoms with E-state index in [-0.39, 0.29) is 0 Å². The smallest absolute Gasteiger partial charge is 0.209 e. The van der Waals surface area contributed by atoms with E-state index < -0.39 is 0 Å². The number of rotatable bonds is 8. The normalized spacial score (nSPS) is 13.9. The molecule has 4 N–H and O–H groups in total. The lowest BCUT2D eigenvalue weighted by atomic mass is 10.3. The van der Waals surface area contributed by atoms with E-state index in [1.165, 1.54) is 0 Å². The number of aromatic nitrogens is 3. The van der Waals surface area contributed by atoms with E-state index in [1.807, 2.05) is 23.1 Å². The fourth-order valence-corrected chi connectivity index (χ4v) is 3.98. The van der Waals surface area contributed by atoms with Gasteiger partial charge in [0.1, 0.15) is 5.82 Å². The number of nitrogens with one attached hydrogen (secondary N) is 2. The first-order valence-corrected chi connectivity index (χ1v) is 9.21. The Morgan fingerprint density at radius 2 is 2.32 bits per heavy atom. The molecule has 1 aliphatic rings. The molecule has 3 heterocycles. The number of carbonyl (C=O) groups excluding carboxylic acids is 1. The van der Waals surface area contributed by atoms with Gasteiger partial charge in [-0.25, -0.2) is 4.98 Å². The summed E-state index contributed by atoms with van der Waals surface area (Å²) in [5.41, 5.74) is 8.79. The van der Waals surface area contributed by atoms with Gasteiger partial charge in [-0.15, -0.1) is 11.3 Å². The van der Waals surface area contributed by atoms with Crippen molar-refractivity contribution >= 4 is 39.5 Å². The Balaban J connectivity index is 1.47. The first kappa shape index (κ1) is 15.9. The predicted molar refractivity (Wildman–Crippen MR) is 101 cm³/mol. The fourth-order valence-electron chi connectivity index (χ4n) is 2.91. The number of fused-ring (bicyclic) bond motifs is 1. The zero-order valence-electron chi connectivity index (χ0n) is 13.7. The third kappa shape index (κ3) is 3.43. The van der Waals surface area contributed by atoms with Crippen molar-refractivity contribution in [2.75, 3.05) is 24.1 Å². The number of amides is 1. The minimum Gasteiger partial charge on any atom is -0.384 e. The van der Waals surface area contributed by atoms with Gasteiger partial charge in [0.25, 0.3) is 0 Å². The maximum atomic E-state index is 11.1.